The van der Waals surface area contributed by atoms with Gasteiger partial charge < -0.3 is 10.2 Å². The minimum Gasteiger partial charge on any atom is -0.360 e. The standard InChI is InChI=1S/C18H21N5O2S/c1-3-14-11-16(25)23-18(20-14)26-17(21-23)19-10-9-15(24)22(2)12-13-7-5-4-6-8-13/h4-8,11H,3,9-10,12H2,1-2H3,(H,19,21). The first kappa shape index (κ1) is 18.1. The van der Waals surface area contributed by atoms with E-state index in [2.05, 4.69) is 15.4 Å². The van der Waals surface area contributed by atoms with Crippen molar-refractivity contribution in [1.82, 2.24) is 19.5 Å². The number of carbonyl (C=O) groups is 1. The Kier molecular flexibility index (Phi) is 5.62. The molecule has 0 fully saturated rings. The van der Waals surface area contributed by atoms with Gasteiger partial charge in [0.1, 0.15) is 0 Å². The second-order valence-corrected chi connectivity index (χ2v) is 6.91. The van der Waals surface area contributed by atoms with E-state index in [0.29, 0.717) is 36.0 Å². The zero-order chi connectivity index (χ0) is 18.5. The van der Waals surface area contributed by atoms with Crippen LogP contribution in [0.25, 0.3) is 4.96 Å². The minimum atomic E-state index is -0.185. The molecule has 0 spiro atoms. The van der Waals surface area contributed by atoms with E-state index in [-0.39, 0.29) is 11.5 Å². The Morgan fingerprint density at radius 2 is 2.08 bits per heavy atom. The first-order valence-corrected chi connectivity index (χ1v) is 9.30. The van der Waals surface area contributed by atoms with Crippen LogP contribution in [-0.4, -0.2) is 39.0 Å². The van der Waals surface area contributed by atoms with Gasteiger partial charge in [-0.2, -0.15) is 4.52 Å². The molecule has 0 aliphatic carbocycles. The molecule has 26 heavy (non-hydrogen) atoms. The number of amides is 1. The zero-order valence-corrected chi connectivity index (χ0v) is 15.6. The molecule has 7 nitrogen and oxygen atoms in total. The maximum atomic E-state index is 12.2. The van der Waals surface area contributed by atoms with Crippen LogP contribution < -0.4 is 10.9 Å². The van der Waals surface area contributed by atoms with Gasteiger partial charge in [0.25, 0.3) is 5.56 Å². The third-order valence-electron chi connectivity index (χ3n) is 3.96. The number of nitrogens with zero attached hydrogens (tertiary/aromatic N) is 4. The molecule has 2 aromatic heterocycles. The van der Waals surface area contributed by atoms with E-state index >= 15 is 0 Å². The van der Waals surface area contributed by atoms with Gasteiger partial charge in [0.05, 0.1) is 0 Å². The predicted molar refractivity (Wildman–Crippen MR) is 103 cm³/mol. The van der Waals surface area contributed by atoms with Crippen LogP contribution in [0.15, 0.2) is 41.2 Å². The molecular formula is C18H21N5O2S. The van der Waals surface area contributed by atoms with Gasteiger partial charge in [-0.1, -0.05) is 48.6 Å². The summed E-state index contributed by atoms with van der Waals surface area (Å²) in [4.78, 5) is 30.9. The molecule has 136 valence electrons. The van der Waals surface area contributed by atoms with E-state index in [1.165, 1.54) is 21.9 Å². The number of carbonyl (C=O) groups excluding carboxylic acids is 1. The van der Waals surface area contributed by atoms with Crippen LogP contribution >= 0.6 is 11.3 Å². The topological polar surface area (TPSA) is 79.6 Å². The first-order valence-electron chi connectivity index (χ1n) is 8.48. The summed E-state index contributed by atoms with van der Waals surface area (Å²) in [6.07, 6.45) is 1.05. The number of hydrogen-bond acceptors (Lipinski definition) is 6. The fraction of sp³-hybridized carbons (Fsp3) is 0.333. The lowest BCUT2D eigenvalue weighted by molar-refractivity contribution is -0.130. The smallest absolute Gasteiger partial charge is 0.275 e. The molecule has 0 bridgehead atoms. The largest absolute Gasteiger partial charge is 0.360 e. The van der Waals surface area contributed by atoms with Crippen LogP contribution in [0.4, 0.5) is 5.13 Å². The molecule has 0 atom stereocenters. The Morgan fingerprint density at radius 3 is 2.81 bits per heavy atom. The molecule has 1 amide bonds. The van der Waals surface area contributed by atoms with Crippen LogP contribution in [0.3, 0.4) is 0 Å². The molecular weight excluding hydrogens is 350 g/mol. The van der Waals surface area contributed by atoms with E-state index in [9.17, 15) is 9.59 Å². The van der Waals surface area contributed by atoms with Gasteiger partial charge in [0, 0.05) is 38.3 Å². The average Bonchev–Trinajstić information content (AvgIpc) is 3.05. The average molecular weight is 371 g/mol. The highest BCUT2D eigenvalue weighted by atomic mass is 32.1. The van der Waals surface area contributed by atoms with Crippen LogP contribution in [0.5, 0.6) is 0 Å². The molecule has 1 aromatic carbocycles. The van der Waals surface area contributed by atoms with Gasteiger partial charge in [-0.15, -0.1) is 5.10 Å². The Hall–Kier alpha value is -2.74. The Balaban J connectivity index is 1.56. The molecule has 3 rings (SSSR count). The summed E-state index contributed by atoms with van der Waals surface area (Å²) in [6, 6.07) is 11.4. The van der Waals surface area contributed by atoms with Gasteiger partial charge in [-0.05, 0) is 12.0 Å². The molecule has 0 unspecified atom stereocenters. The van der Waals surface area contributed by atoms with Crippen molar-refractivity contribution in [2.45, 2.75) is 26.3 Å². The number of rotatable bonds is 7. The molecule has 0 saturated heterocycles. The quantitative estimate of drug-likeness (QED) is 0.689. The fourth-order valence-corrected chi connectivity index (χ4v) is 3.37. The predicted octanol–water partition coefficient (Wildman–Crippen LogP) is 2.17. The lowest BCUT2D eigenvalue weighted by Crippen LogP contribution is -2.27. The summed E-state index contributed by atoms with van der Waals surface area (Å²) >= 11 is 1.31. The Labute approximate surface area is 155 Å². The van der Waals surface area contributed by atoms with E-state index in [1.807, 2.05) is 37.3 Å². The summed E-state index contributed by atoms with van der Waals surface area (Å²) in [5.74, 6) is 0.0472. The second-order valence-electron chi connectivity index (χ2n) is 5.95. The van der Waals surface area contributed by atoms with Crippen molar-refractivity contribution in [3.05, 3.63) is 58.0 Å². The minimum absolute atomic E-state index is 0.0472. The highest BCUT2D eigenvalue weighted by Gasteiger charge is 2.11. The van der Waals surface area contributed by atoms with Crippen LogP contribution in [-0.2, 0) is 17.8 Å². The van der Waals surface area contributed by atoms with Crippen molar-refractivity contribution >= 4 is 27.3 Å². The van der Waals surface area contributed by atoms with E-state index in [0.717, 1.165) is 11.3 Å². The van der Waals surface area contributed by atoms with Crippen molar-refractivity contribution in [2.24, 2.45) is 0 Å². The lowest BCUT2D eigenvalue weighted by atomic mass is 10.2. The maximum absolute atomic E-state index is 12.2. The molecule has 0 aliphatic heterocycles. The van der Waals surface area contributed by atoms with Crippen LogP contribution in [0.1, 0.15) is 24.6 Å². The highest BCUT2D eigenvalue weighted by molar-refractivity contribution is 7.20. The van der Waals surface area contributed by atoms with Crippen molar-refractivity contribution in [3.63, 3.8) is 0 Å². The van der Waals surface area contributed by atoms with Crippen LogP contribution in [0.2, 0.25) is 0 Å². The third-order valence-corrected chi connectivity index (χ3v) is 4.83. The Morgan fingerprint density at radius 1 is 1.31 bits per heavy atom. The second kappa shape index (κ2) is 8.09. The van der Waals surface area contributed by atoms with Gasteiger partial charge >= 0.3 is 0 Å². The molecule has 1 N–H and O–H groups in total. The van der Waals surface area contributed by atoms with Crippen molar-refractivity contribution in [2.75, 3.05) is 18.9 Å². The number of hydrogen-bond donors (Lipinski definition) is 1. The molecule has 0 saturated carbocycles. The molecule has 3 aromatic rings. The summed E-state index contributed by atoms with van der Waals surface area (Å²) in [5.41, 5.74) is 1.66. The summed E-state index contributed by atoms with van der Waals surface area (Å²) < 4.78 is 1.29. The SMILES string of the molecule is CCc1cc(=O)n2nc(NCCC(=O)N(C)Cc3ccccc3)sc2n1. The number of aryl methyl sites for hydroxylation is 1. The third kappa shape index (κ3) is 4.26. The van der Waals surface area contributed by atoms with Crippen LogP contribution in [0, 0.1) is 0 Å². The summed E-state index contributed by atoms with van der Waals surface area (Å²) in [5, 5.41) is 7.91. The number of benzene rings is 1. The van der Waals surface area contributed by atoms with Crippen molar-refractivity contribution in [3.8, 4) is 0 Å². The number of nitrogens with one attached hydrogen (secondary N) is 1. The summed E-state index contributed by atoms with van der Waals surface area (Å²) in [6.45, 7) is 2.99. The van der Waals surface area contributed by atoms with E-state index < -0.39 is 0 Å². The van der Waals surface area contributed by atoms with Crippen molar-refractivity contribution < 1.29 is 4.79 Å². The molecule has 0 aliphatic rings. The number of fused-ring (bicyclic) bond motifs is 1. The zero-order valence-electron chi connectivity index (χ0n) is 14.8. The van der Waals surface area contributed by atoms with E-state index in [1.54, 1.807) is 11.9 Å². The molecule has 0 radical (unpaired) electrons. The summed E-state index contributed by atoms with van der Waals surface area (Å²) in [7, 11) is 1.79. The number of aromatic nitrogens is 3. The maximum Gasteiger partial charge on any atom is 0.275 e. The monoisotopic (exact) mass is 371 g/mol. The fourth-order valence-electron chi connectivity index (χ4n) is 2.52. The van der Waals surface area contributed by atoms with E-state index in [4.69, 9.17) is 0 Å². The van der Waals surface area contributed by atoms with Gasteiger partial charge in [0.15, 0.2) is 0 Å². The van der Waals surface area contributed by atoms with Crippen molar-refractivity contribution in [1.29, 1.82) is 0 Å². The van der Waals surface area contributed by atoms with Gasteiger partial charge in [-0.3, -0.25) is 9.59 Å². The highest BCUT2D eigenvalue weighted by Crippen LogP contribution is 2.16. The van der Waals surface area contributed by atoms with Gasteiger partial charge in [0.2, 0.25) is 16.0 Å². The van der Waals surface area contributed by atoms with Gasteiger partial charge in [-0.25, -0.2) is 4.98 Å². The number of anilines is 1. The Bertz CT molecular complexity index is 951. The molecule has 2 heterocycles. The normalized spacial score (nSPS) is 10.8. The first-order chi connectivity index (χ1) is 12.6. The lowest BCUT2D eigenvalue weighted by Gasteiger charge is -2.17. The molecule has 8 heteroatoms.